The molecule has 0 atom stereocenters. The first-order valence-corrected chi connectivity index (χ1v) is 17.0. The highest BCUT2D eigenvalue weighted by molar-refractivity contribution is 7.98. The number of rotatable bonds is 7. The Morgan fingerprint density at radius 2 is 1.17 bits per heavy atom. The first kappa shape index (κ1) is 33.3. The molecular formula is C35H34N6O4S2. The molecule has 0 aliphatic heterocycles. The van der Waals surface area contributed by atoms with Gasteiger partial charge in [-0.05, 0) is 57.5 Å². The van der Waals surface area contributed by atoms with Crippen molar-refractivity contribution >= 4 is 62.5 Å². The second-order valence-corrected chi connectivity index (χ2v) is 12.5. The molecule has 0 bridgehead atoms. The number of nitrogens with one attached hydrogen (secondary N) is 1. The molecule has 0 saturated carbocycles. The van der Waals surface area contributed by atoms with E-state index in [-0.39, 0.29) is 0 Å². The molecule has 6 aromatic rings. The van der Waals surface area contributed by atoms with Crippen molar-refractivity contribution in [3.63, 3.8) is 0 Å². The van der Waals surface area contributed by atoms with Crippen LogP contribution in [0.15, 0.2) is 108 Å². The lowest BCUT2D eigenvalue weighted by molar-refractivity contribution is 0.0636. The molecule has 0 saturated heterocycles. The summed E-state index contributed by atoms with van der Waals surface area (Å²) in [5.41, 5.74) is 6.80. The molecule has 2 aromatic heterocycles. The molecule has 0 spiro atoms. The van der Waals surface area contributed by atoms with Gasteiger partial charge in [0, 0.05) is 51.8 Å². The molecule has 1 amide bonds. The van der Waals surface area contributed by atoms with Crippen LogP contribution in [0, 0.1) is 0 Å². The van der Waals surface area contributed by atoms with Gasteiger partial charge in [0.25, 0.3) is 0 Å². The Balaban J connectivity index is 0.000000193. The van der Waals surface area contributed by atoms with Gasteiger partial charge in [-0.3, -0.25) is 5.32 Å². The first-order valence-electron chi connectivity index (χ1n) is 14.5. The van der Waals surface area contributed by atoms with E-state index in [1.165, 1.54) is 23.5 Å². The van der Waals surface area contributed by atoms with Crippen LogP contribution in [0.1, 0.15) is 20.8 Å². The van der Waals surface area contributed by atoms with E-state index in [2.05, 4.69) is 25.3 Å². The highest BCUT2D eigenvalue weighted by atomic mass is 32.2. The van der Waals surface area contributed by atoms with Gasteiger partial charge >= 0.3 is 6.09 Å². The van der Waals surface area contributed by atoms with Crippen molar-refractivity contribution in [1.29, 1.82) is 0 Å². The number of nitrogen functional groups attached to an aromatic ring is 1. The molecule has 47 heavy (non-hydrogen) atoms. The van der Waals surface area contributed by atoms with Gasteiger partial charge in [0.15, 0.2) is 10.3 Å². The second-order valence-electron chi connectivity index (χ2n) is 10.9. The van der Waals surface area contributed by atoms with Crippen molar-refractivity contribution in [3.8, 4) is 23.3 Å². The number of carbonyl (C=O) groups is 1. The molecule has 6 rings (SSSR count). The third-order valence-corrected chi connectivity index (χ3v) is 7.57. The molecular weight excluding hydrogens is 633 g/mol. The summed E-state index contributed by atoms with van der Waals surface area (Å²) in [5, 5.41) is 7.78. The van der Waals surface area contributed by atoms with Crippen molar-refractivity contribution in [1.82, 2.24) is 19.9 Å². The summed E-state index contributed by atoms with van der Waals surface area (Å²) in [6.45, 7) is 5.48. The minimum atomic E-state index is -0.565. The minimum absolute atomic E-state index is 0.465. The third-order valence-electron chi connectivity index (χ3n) is 6.45. The van der Waals surface area contributed by atoms with Crippen LogP contribution >= 0.6 is 23.5 Å². The van der Waals surface area contributed by atoms with E-state index < -0.39 is 11.7 Å². The lowest BCUT2D eigenvalue weighted by Gasteiger charge is -2.20. The predicted octanol–water partition coefficient (Wildman–Crippen LogP) is 9.22. The number of benzene rings is 4. The van der Waals surface area contributed by atoms with E-state index in [4.69, 9.17) is 19.9 Å². The van der Waals surface area contributed by atoms with Gasteiger partial charge in [-0.15, -0.1) is 0 Å². The summed E-state index contributed by atoms with van der Waals surface area (Å²) < 4.78 is 17.2. The fourth-order valence-electron chi connectivity index (χ4n) is 4.45. The van der Waals surface area contributed by atoms with Crippen molar-refractivity contribution in [2.75, 3.05) is 23.6 Å². The number of amides is 1. The van der Waals surface area contributed by atoms with Crippen molar-refractivity contribution in [2.45, 2.75) is 36.7 Å². The van der Waals surface area contributed by atoms with E-state index in [1.54, 1.807) is 36.7 Å². The van der Waals surface area contributed by atoms with Crippen LogP contribution in [-0.4, -0.2) is 44.1 Å². The summed E-state index contributed by atoms with van der Waals surface area (Å²) in [4.78, 5) is 29.1. The normalized spacial score (nSPS) is 11.0. The largest absolute Gasteiger partial charge is 0.444 e. The van der Waals surface area contributed by atoms with E-state index in [9.17, 15) is 4.79 Å². The molecule has 0 unspecified atom stereocenters. The fraction of sp³-hybridized carbons (Fsp3) is 0.171. The van der Waals surface area contributed by atoms with Gasteiger partial charge in [0.1, 0.15) is 17.1 Å². The lowest BCUT2D eigenvalue weighted by atomic mass is 10.1. The number of thioether (sulfide) groups is 2. The maximum absolute atomic E-state index is 12.1. The molecule has 12 heteroatoms. The number of aromatic nitrogens is 4. The van der Waals surface area contributed by atoms with Crippen molar-refractivity contribution in [2.24, 2.45) is 0 Å². The molecule has 0 fully saturated rings. The quantitative estimate of drug-likeness (QED) is 0.0959. The smallest absolute Gasteiger partial charge is 0.412 e. The summed E-state index contributed by atoms with van der Waals surface area (Å²) in [6, 6.07) is 26.3. The number of nitrogens with zero attached hydrogens (tertiary/aromatic N) is 4. The van der Waals surface area contributed by atoms with Crippen LogP contribution in [0.2, 0.25) is 0 Å². The fourth-order valence-corrected chi connectivity index (χ4v) is 5.15. The maximum Gasteiger partial charge on any atom is 0.412 e. The zero-order valence-corrected chi connectivity index (χ0v) is 28.2. The molecule has 3 N–H and O–H groups in total. The second kappa shape index (κ2) is 15.0. The number of hydrogen-bond acceptors (Lipinski definition) is 11. The lowest BCUT2D eigenvalue weighted by Crippen LogP contribution is -2.27. The van der Waals surface area contributed by atoms with E-state index in [0.717, 1.165) is 33.0 Å². The van der Waals surface area contributed by atoms with Gasteiger partial charge in [-0.25, -0.2) is 14.8 Å². The first-order chi connectivity index (χ1) is 22.6. The summed E-state index contributed by atoms with van der Waals surface area (Å²) in [5.74, 6) is 2.37. The maximum atomic E-state index is 12.1. The SMILES string of the molecule is CSc1nccc(Oc2ccc(N)c3ccccc23)n1.CSc1nccc(Oc2ccc(NC(=O)OC(C)(C)C)c3ccccc23)n1. The molecule has 0 radical (unpaired) electrons. The van der Waals surface area contributed by atoms with E-state index >= 15 is 0 Å². The van der Waals surface area contributed by atoms with Gasteiger partial charge in [-0.1, -0.05) is 72.1 Å². The number of anilines is 2. The predicted molar refractivity (Wildman–Crippen MR) is 190 cm³/mol. The number of nitrogens with two attached hydrogens (primary N) is 1. The van der Waals surface area contributed by atoms with Crippen molar-refractivity contribution < 1.29 is 19.0 Å². The molecule has 4 aromatic carbocycles. The van der Waals surface area contributed by atoms with Gasteiger partial charge in [-0.2, -0.15) is 9.97 Å². The van der Waals surface area contributed by atoms with Crippen LogP contribution in [-0.2, 0) is 4.74 Å². The minimum Gasteiger partial charge on any atom is -0.444 e. The Morgan fingerprint density at radius 1 is 0.681 bits per heavy atom. The Kier molecular flexibility index (Phi) is 10.6. The average Bonchev–Trinajstić information content (AvgIpc) is 3.07. The van der Waals surface area contributed by atoms with Crippen LogP contribution < -0.4 is 20.5 Å². The highest BCUT2D eigenvalue weighted by Gasteiger charge is 2.18. The zero-order chi connectivity index (χ0) is 33.4. The monoisotopic (exact) mass is 666 g/mol. The Morgan fingerprint density at radius 3 is 1.70 bits per heavy atom. The standard InChI is InChI=1S/C20H21N3O3S.C15H13N3OS/c1-20(2,3)26-19(24)22-15-9-10-16(14-8-6-5-7-13(14)15)25-17-11-12-21-18(23-17)27-4;1-20-15-17-9-8-14(18-15)19-13-7-6-12(16)10-4-2-3-5-11(10)13/h5-12H,1-4H3,(H,22,24);2-9H,16H2,1H3. The topological polar surface area (TPSA) is 134 Å². The molecule has 0 aliphatic rings. The summed E-state index contributed by atoms with van der Waals surface area (Å²) in [7, 11) is 0. The van der Waals surface area contributed by atoms with E-state index in [1.807, 2.05) is 93.9 Å². The van der Waals surface area contributed by atoms with Crippen molar-refractivity contribution in [3.05, 3.63) is 97.3 Å². The molecule has 2 heterocycles. The van der Waals surface area contributed by atoms with Crippen LogP contribution in [0.3, 0.4) is 0 Å². The van der Waals surface area contributed by atoms with Crippen LogP contribution in [0.4, 0.5) is 16.2 Å². The van der Waals surface area contributed by atoms with E-state index in [0.29, 0.717) is 33.5 Å². The highest BCUT2D eigenvalue weighted by Crippen LogP contribution is 2.35. The molecule has 0 aliphatic carbocycles. The van der Waals surface area contributed by atoms with Crippen LogP contribution in [0.25, 0.3) is 21.5 Å². The summed E-state index contributed by atoms with van der Waals surface area (Å²) >= 11 is 2.92. The molecule has 10 nitrogen and oxygen atoms in total. The summed E-state index contributed by atoms with van der Waals surface area (Å²) in [6.07, 6.45) is 6.69. The van der Waals surface area contributed by atoms with Crippen LogP contribution in [0.5, 0.6) is 23.3 Å². The zero-order valence-electron chi connectivity index (χ0n) is 26.6. The Labute approximate surface area is 281 Å². The number of hydrogen-bond donors (Lipinski definition) is 2. The van der Waals surface area contributed by atoms with Gasteiger partial charge in [0.05, 0.1) is 5.69 Å². The average molecular weight is 667 g/mol. The van der Waals surface area contributed by atoms with Gasteiger partial charge in [0.2, 0.25) is 11.8 Å². The third kappa shape index (κ3) is 8.81. The number of ether oxygens (including phenoxy) is 3. The van der Waals surface area contributed by atoms with Gasteiger partial charge < -0.3 is 19.9 Å². The molecule has 240 valence electrons. The number of fused-ring (bicyclic) bond motifs is 2. The Hall–Kier alpha value is -5.07. The number of carbonyl (C=O) groups excluding carboxylic acids is 1. The Bertz CT molecular complexity index is 2020.